The van der Waals surface area contributed by atoms with Crippen molar-refractivity contribution in [1.82, 2.24) is 10.6 Å². The first-order valence-corrected chi connectivity index (χ1v) is 7.19. The van der Waals surface area contributed by atoms with Gasteiger partial charge in [-0.1, -0.05) is 26.2 Å². The molecular weight excluding hydrogens is 212 g/mol. The van der Waals surface area contributed by atoms with E-state index in [1.807, 2.05) is 6.92 Å². The van der Waals surface area contributed by atoms with Crippen molar-refractivity contribution in [2.75, 3.05) is 6.54 Å². The van der Waals surface area contributed by atoms with Gasteiger partial charge in [0.1, 0.15) is 0 Å². The van der Waals surface area contributed by atoms with E-state index in [1.165, 1.54) is 32.1 Å². The highest BCUT2D eigenvalue weighted by molar-refractivity contribution is 5.81. The van der Waals surface area contributed by atoms with Crippen molar-refractivity contribution in [3.05, 3.63) is 0 Å². The van der Waals surface area contributed by atoms with Crippen molar-refractivity contribution < 1.29 is 4.79 Å². The second-order valence-corrected chi connectivity index (χ2v) is 5.37. The summed E-state index contributed by atoms with van der Waals surface area (Å²) in [6, 6.07) is 0.385. The van der Waals surface area contributed by atoms with E-state index in [2.05, 4.69) is 24.5 Å². The van der Waals surface area contributed by atoms with Gasteiger partial charge in [-0.05, 0) is 39.0 Å². The molecule has 2 atom stereocenters. The number of hydrogen-bond donors (Lipinski definition) is 2. The fraction of sp³-hybridized carbons (Fsp3) is 0.929. The van der Waals surface area contributed by atoms with Gasteiger partial charge in [0.2, 0.25) is 5.91 Å². The van der Waals surface area contributed by atoms with Gasteiger partial charge >= 0.3 is 0 Å². The van der Waals surface area contributed by atoms with Crippen LogP contribution in [0.15, 0.2) is 0 Å². The van der Waals surface area contributed by atoms with Crippen LogP contribution in [0.3, 0.4) is 0 Å². The molecule has 0 radical (unpaired) electrons. The van der Waals surface area contributed by atoms with Gasteiger partial charge in [-0.15, -0.1) is 0 Å². The molecule has 3 heteroatoms. The Morgan fingerprint density at radius 1 is 1.24 bits per heavy atom. The lowest BCUT2D eigenvalue weighted by Gasteiger charge is -2.30. The van der Waals surface area contributed by atoms with Crippen molar-refractivity contribution in [3.8, 4) is 0 Å². The minimum Gasteiger partial charge on any atom is -0.355 e. The molecule has 0 saturated heterocycles. The summed E-state index contributed by atoms with van der Waals surface area (Å²) in [5, 5.41) is 6.39. The Hall–Kier alpha value is -0.570. The van der Waals surface area contributed by atoms with E-state index in [-0.39, 0.29) is 11.9 Å². The molecule has 2 N–H and O–H groups in total. The highest BCUT2D eigenvalue weighted by Crippen LogP contribution is 2.26. The smallest absolute Gasteiger partial charge is 0.236 e. The molecule has 0 aromatic heterocycles. The minimum atomic E-state index is -0.0709. The summed E-state index contributed by atoms with van der Waals surface area (Å²) in [7, 11) is 0. The number of carbonyl (C=O) groups is 1. The molecule has 0 heterocycles. The zero-order valence-corrected chi connectivity index (χ0v) is 11.6. The Balaban J connectivity index is 2.28. The van der Waals surface area contributed by atoms with Gasteiger partial charge in [-0.2, -0.15) is 0 Å². The molecular formula is C14H28N2O. The quantitative estimate of drug-likeness (QED) is 0.749. The second kappa shape index (κ2) is 7.70. The predicted octanol–water partition coefficient (Wildman–Crippen LogP) is 2.46. The summed E-state index contributed by atoms with van der Waals surface area (Å²) in [6.45, 7) is 7.04. The average molecular weight is 240 g/mol. The molecule has 1 saturated carbocycles. The lowest BCUT2D eigenvalue weighted by Crippen LogP contribution is -2.48. The van der Waals surface area contributed by atoms with Crippen LogP contribution in [-0.2, 0) is 4.79 Å². The molecule has 1 rings (SSSR count). The van der Waals surface area contributed by atoms with Gasteiger partial charge < -0.3 is 10.6 Å². The van der Waals surface area contributed by atoms with Crippen LogP contribution in [-0.4, -0.2) is 24.5 Å². The van der Waals surface area contributed by atoms with E-state index in [0.717, 1.165) is 18.9 Å². The minimum absolute atomic E-state index is 0.0709. The summed E-state index contributed by atoms with van der Waals surface area (Å²) in [4.78, 5) is 11.7. The largest absolute Gasteiger partial charge is 0.355 e. The number of amides is 1. The first-order chi connectivity index (χ1) is 8.15. The summed E-state index contributed by atoms with van der Waals surface area (Å²) < 4.78 is 0. The van der Waals surface area contributed by atoms with Crippen LogP contribution in [0.5, 0.6) is 0 Å². The van der Waals surface area contributed by atoms with E-state index in [4.69, 9.17) is 0 Å². The normalized spacial score (nSPS) is 20.9. The third-order valence-corrected chi connectivity index (χ3v) is 3.81. The first kappa shape index (κ1) is 14.5. The average Bonchev–Trinajstić information content (AvgIpc) is 2.36. The van der Waals surface area contributed by atoms with Gasteiger partial charge in [-0.25, -0.2) is 0 Å². The Bertz CT molecular complexity index is 224. The van der Waals surface area contributed by atoms with E-state index in [0.29, 0.717) is 6.04 Å². The van der Waals surface area contributed by atoms with E-state index in [1.54, 1.807) is 0 Å². The summed E-state index contributed by atoms with van der Waals surface area (Å²) in [6.07, 6.45) is 7.72. The summed E-state index contributed by atoms with van der Waals surface area (Å²) in [5.41, 5.74) is 0. The number of carbonyl (C=O) groups excluding carboxylic acids is 1. The Morgan fingerprint density at radius 2 is 1.88 bits per heavy atom. The SMILES string of the molecule is CCCNC(=O)C(C)N[C@H](C)C1CCCCC1. The zero-order chi connectivity index (χ0) is 12.7. The maximum atomic E-state index is 11.7. The monoisotopic (exact) mass is 240 g/mol. The van der Waals surface area contributed by atoms with Crippen molar-refractivity contribution >= 4 is 5.91 Å². The van der Waals surface area contributed by atoms with Crippen LogP contribution >= 0.6 is 0 Å². The molecule has 0 aromatic rings. The molecule has 3 nitrogen and oxygen atoms in total. The second-order valence-electron chi connectivity index (χ2n) is 5.37. The molecule has 1 fully saturated rings. The number of hydrogen-bond acceptors (Lipinski definition) is 2. The topological polar surface area (TPSA) is 41.1 Å². The van der Waals surface area contributed by atoms with Gasteiger partial charge in [0, 0.05) is 12.6 Å². The van der Waals surface area contributed by atoms with Gasteiger partial charge in [0.05, 0.1) is 6.04 Å². The molecule has 1 unspecified atom stereocenters. The van der Waals surface area contributed by atoms with E-state index >= 15 is 0 Å². The van der Waals surface area contributed by atoms with Crippen LogP contribution in [0, 0.1) is 5.92 Å². The van der Waals surface area contributed by atoms with E-state index < -0.39 is 0 Å². The zero-order valence-electron chi connectivity index (χ0n) is 11.6. The third kappa shape index (κ3) is 5.07. The maximum Gasteiger partial charge on any atom is 0.236 e. The van der Waals surface area contributed by atoms with Gasteiger partial charge in [0.15, 0.2) is 0 Å². The maximum absolute atomic E-state index is 11.7. The lowest BCUT2D eigenvalue weighted by molar-refractivity contribution is -0.123. The molecule has 1 aliphatic rings. The van der Waals surface area contributed by atoms with Crippen molar-refractivity contribution in [2.24, 2.45) is 5.92 Å². The standard InChI is InChI=1S/C14H28N2O/c1-4-10-15-14(17)12(3)16-11(2)13-8-6-5-7-9-13/h11-13,16H,4-10H2,1-3H3,(H,15,17)/t11-,12?/m1/s1. The molecule has 100 valence electrons. The molecule has 0 spiro atoms. The van der Waals surface area contributed by atoms with Crippen molar-refractivity contribution in [3.63, 3.8) is 0 Å². The molecule has 0 aliphatic heterocycles. The molecule has 0 aromatic carbocycles. The Morgan fingerprint density at radius 3 is 2.47 bits per heavy atom. The van der Waals surface area contributed by atoms with Gasteiger partial charge in [0.25, 0.3) is 0 Å². The Kier molecular flexibility index (Phi) is 6.56. The molecule has 1 aliphatic carbocycles. The van der Waals surface area contributed by atoms with Crippen LogP contribution in [0.25, 0.3) is 0 Å². The van der Waals surface area contributed by atoms with E-state index in [9.17, 15) is 4.79 Å². The van der Waals surface area contributed by atoms with Crippen LogP contribution in [0.2, 0.25) is 0 Å². The predicted molar refractivity (Wildman–Crippen MR) is 71.9 cm³/mol. The van der Waals surface area contributed by atoms with Gasteiger partial charge in [-0.3, -0.25) is 4.79 Å². The van der Waals surface area contributed by atoms with Crippen LogP contribution in [0.4, 0.5) is 0 Å². The molecule has 1 amide bonds. The molecule has 17 heavy (non-hydrogen) atoms. The lowest BCUT2D eigenvalue weighted by atomic mass is 9.84. The number of rotatable bonds is 6. The van der Waals surface area contributed by atoms with Crippen LogP contribution < -0.4 is 10.6 Å². The van der Waals surface area contributed by atoms with Crippen molar-refractivity contribution in [2.45, 2.75) is 71.4 Å². The fourth-order valence-electron chi connectivity index (χ4n) is 2.64. The Labute approximate surface area is 106 Å². The highest BCUT2D eigenvalue weighted by Gasteiger charge is 2.23. The van der Waals surface area contributed by atoms with Crippen LogP contribution in [0.1, 0.15) is 59.3 Å². The first-order valence-electron chi connectivity index (χ1n) is 7.19. The summed E-state index contributed by atoms with van der Waals surface area (Å²) in [5.74, 6) is 0.889. The van der Waals surface area contributed by atoms with Crippen molar-refractivity contribution in [1.29, 1.82) is 0 Å². The fourth-order valence-corrected chi connectivity index (χ4v) is 2.64. The third-order valence-electron chi connectivity index (χ3n) is 3.81. The summed E-state index contributed by atoms with van der Waals surface area (Å²) >= 11 is 0. The number of nitrogens with one attached hydrogen (secondary N) is 2. The highest BCUT2D eigenvalue weighted by atomic mass is 16.2. The molecule has 0 bridgehead atoms.